The highest BCUT2D eigenvalue weighted by Crippen LogP contribution is 2.54. The second kappa shape index (κ2) is 18.3. The molecule has 5 saturated heterocycles. The number of aryl methyl sites for hydroxylation is 3. The number of pyridine rings is 1. The third-order valence-electron chi connectivity index (χ3n) is 18.5. The summed E-state index contributed by atoms with van der Waals surface area (Å²) in [6, 6.07) is 10.2. The largest absolute Gasteiger partial charge is 0.463 e. The van der Waals surface area contributed by atoms with E-state index in [1.165, 1.54) is 36.1 Å². The summed E-state index contributed by atoms with van der Waals surface area (Å²) in [6.45, 7) is 8.60. The molecule has 0 radical (unpaired) electrons. The van der Waals surface area contributed by atoms with Gasteiger partial charge in [0.05, 0.1) is 24.1 Å². The van der Waals surface area contributed by atoms with E-state index in [9.17, 15) is 9.59 Å². The molecule has 1 unspecified atom stereocenters. The maximum atomic E-state index is 17.4. The molecule has 0 bridgehead atoms. The number of anilines is 2. The van der Waals surface area contributed by atoms with Crippen LogP contribution < -0.4 is 19.9 Å². The molecule has 400 valence electrons. The topological polar surface area (TPSA) is 134 Å². The summed E-state index contributed by atoms with van der Waals surface area (Å²) in [7, 11) is 1.79. The first kappa shape index (κ1) is 49.5. The van der Waals surface area contributed by atoms with Gasteiger partial charge in [0.2, 0.25) is 5.91 Å². The smallest absolute Gasteiger partial charge is 0.329 e. The zero-order chi connectivity index (χ0) is 52.5. The Hall–Kier alpha value is -6.05. The van der Waals surface area contributed by atoms with E-state index in [1.807, 2.05) is 32.0 Å². The van der Waals surface area contributed by atoms with E-state index in [4.69, 9.17) is 19.4 Å². The van der Waals surface area contributed by atoms with Crippen LogP contribution in [0, 0.1) is 35.2 Å². The summed E-state index contributed by atoms with van der Waals surface area (Å²) < 4.78 is 92.6. The van der Waals surface area contributed by atoms with Gasteiger partial charge >= 0.3 is 18.0 Å². The van der Waals surface area contributed by atoms with Crippen LogP contribution in [0.2, 0.25) is 0 Å². The molecule has 5 aliphatic heterocycles. The molecule has 6 aromatic rings. The fourth-order valence-electron chi connectivity index (χ4n) is 13.9. The van der Waals surface area contributed by atoms with Gasteiger partial charge in [0.25, 0.3) is 0 Å². The summed E-state index contributed by atoms with van der Waals surface area (Å²) in [5, 5.41) is 9.07. The Morgan fingerprint density at radius 2 is 1.67 bits per heavy atom. The number of nitrogens with zero attached hydrogens (tertiary/aromatic N) is 9. The summed E-state index contributed by atoms with van der Waals surface area (Å²) in [4.78, 5) is 46.8. The number of piperidine rings is 3. The Morgan fingerprint density at radius 1 is 0.882 bits per heavy atom. The van der Waals surface area contributed by atoms with Gasteiger partial charge in [-0.15, -0.1) is 0 Å². The minimum atomic E-state index is -3.01. The predicted molar refractivity (Wildman–Crippen MR) is 277 cm³/mol. The number of ether oxygens (including phenoxy) is 2. The van der Waals surface area contributed by atoms with Gasteiger partial charge < -0.3 is 24.2 Å². The molecule has 13 rings (SSSR count). The molecule has 1 atom stereocenters. The number of rotatable bonds is 11. The van der Waals surface area contributed by atoms with Crippen molar-refractivity contribution in [3.05, 3.63) is 76.7 Å². The standard InChI is InChI=1S/C57H63F5N10O4/c1-4-37-42(58)7-6-35-22-33(2)23-40(46(35)37)48-47(60)49-41(28-63-48)50(71-16-5-11-56(30-71)57(61,62)32-76-56)66-52(65-49)75-31-55(12-13-55)29-69-20-14-54(15-21-69)26-36(27-54)70-17-8-34(9-18-70)38-25-44-39(24-43(38)59)51(67-68(44)3)72-19-10-45(73)64-53(72)74/h6-7,22-25,28,34,36H,4-5,8-21,26-27,29-32H2,1-3H3,(H,64,73,74). The molecule has 2 spiro atoms. The maximum Gasteiger partial charge on any atom is 0.329 e. The van der Waals surface area contributed by atoms with Gasteiger partial charge in [0, 0.05) is 61.7 Å². The number of urea groups is 1. The minimum Gasteiger partial charge on any atom is -0.463 e. The first-order valence-corrected chi connectivity index (χ1v) is 27.3. The number of hydrogen-bond donors (Lipinski definition) is 1. The average Bonchev–Trinajstić information content (AvgIpc) is 4.13. The van der Waals surface area contributed by atoms with E-state index in [0.717, 1.165) is 87.7 Å². The van der Waals surface area contributed by atoms with Gasteiger partial charge in [0.15, 0.2) is 17.2 Å². The van der Waals surface area contributed by atoms with E-state index in [1.54, 1.807) is 22.7 Å². The monoisotopic (exact) mass is 1050 g/mol. The molecule has 3 aromatic heterocycles. The molecule has 3 aromatic carbocycles. The highest BCUT2D eigenvalue weighted by atomic mass is 19.3. The zero-order valence-electron chi connectivity index (χ0n) is 43.3. The first-order valence-electron chi connectivity index (χ1n) is 27.3. The number of hydrogen-bond acceptors (Lipinski definition) is 11. The Labute approximate surface area is 437 Å². The van der Waals surface area contributed by atoms with Crippen molar-refractivity contribution in [2.45, 2.75) is 114 Å². The molecule has 8 heterocycles. The quantitative estimate of drug-likeness (QED) is 0.124. The van der Waals surface area contributed by atoms with E-state index < -0.39 is 30.0 Å². The number of amides is 3. The third kappa shape index (κ3) is 8.35. The van der Waals surface area contributed by atoms with E-state index in [-0.39, 0.29) is 83.2 Å². The number of likely N-dealkylation sites (tertiary alicyclic amines) is 2. The predicted octanol–water partition coefficient (Wildman–Crippen LogP) is 9.75. The molecule has 2 saturated carbocycles. The number of carbonyl (C=O) groups excluding carboxylic acids is 2. The Morgan fingerprint density at radius 3 is 2.38 bits per heavy atom. The molecule has 14 nitrogen and oxygen atoms in total. The molecule has 19 heteroatoms. The van der Waals surface area contributed by atoms with Crippen LogP contribution >= 0.6 is 0 Å². The second-order valence-electron chi connectivity index (χ2n) is 23.3. The number of halogens is 5. The lowest BCUT2D eigenvalue weighted by Gasteiger charge is -2.56. The van der Waals surface area contributed by atoms with Crippen molar-refractivity contribution in [2.75, 3.05) is 75.4 Å². The van der Waals surface area contributed by atoms with Gasteiger partial charge in [-0.3, -0.25) is 24.7 Å². The lowest BCUT2D eigenvalue weighted by Crippen LogP contribution is -2.70. The van der Waals surface area contributed by atoms with E-state index >= 15 is 22.0 Å². The van der Waals surface area contributed by atoms with Crippen LogP contribution in [0.1, 0.15) is 100 Å². The molecule has 7 fully saturated rings. The maximum absolute atomic E-state index is 17.4. The van der Waals surface area contributed by atoms with Gasteiger partial charge in [0.1, 0.15) is 35.3 Å². The number of aromatic nitrogens is 5. The second-order valence-corrected chi connectivity index (χ2v) is 23.3. The fraction of sp³-hybridized carbons (Fsp3) is 0.544. The van der Waals surface area contributed by atoms with Crippen molar-refractivity contribution < 1.29 is 41.0 Å². The number of nitrogens with one attached hydrogen (secondary N) is 1. The molecular formula is C57H63F5N10O4. The molecule has 7 aliphatic rings. The molecular weight excluding hydrogens is 984 g/mol. The van der Waals surface area contributed by atoms with Crippen molar-refractivity contribution in [3.8, 4) is 17.3 Å². The molecule has 3 amide bonds. The fourth-order valence-corrected chi connectivity index (χ4v) is 13.9. The highest BCUT2D eigenvalue weighted by Gasteiger charge is 2.65. The van der Waals surface area contributed by atoms with Crippen LogP contribution in [-0.4, -0.2) is 130 Å². The minimum absolute atomic E-state index is 0.0151. The van der Waals surface area contributed by atoms with Crippen molar-refractivity contribution in [1.82, 2.24) is 39.8 Å². The number of carbonyl (C=O) groups is 2. The Bertz CT molecular complexity index is 3340. The molecule has 1 N–H and O–H groups in total. The lowest BCUT2D eigenvalue weighted by atomic mass is 9.59. The van der Waals surface area contributed by atoms with Crippen molar-refractivity contribution in [1.29, 1.82) is 0 Å². The average molecular weight is 1050 g/mol. The van der Waals surface area contributed by atoms with Gasteiger partial charge in [-0.2, -0.15) is 15.1 Å². The van der Waals surface area contributed by atoms with Crippen molar-refractivity contribution >= 4 is 56.2 Å². The Kier molecular flexibility index (Phi) is 11.9. The third-order valence-corrected chi connectivity index (χ3v) is 18.5. The van der Waals surface area contributed by atoms with Crippen LogP contribution in [0.25, 0.3) is 43.8 Å². The van der Waals surface area contributed by atoms with Crippen molar-refractivity contribution in [3.63, 3.8) is 0 Å². The summed E-state index contributed by atoms with van der Waals surface area (Å²) in [5.41, 5.74) is 1.73. The number of benzene rings is 3. The Balaban J connectivity index is 0.666. The number of alkyl halides is 2. The van der Waals surface area contributed by atoms with Crippen LogP contribution in [0.4, 0.5) is 38.4 Å². The molecule has 76 heavy (non-hydrogen) atoms. The van der Waals surface area contributed by atoms with Gasteiger partial charge in [-0.25, -0.2) is 26.7 Å². The van der Waals surface area contributed by atoms with Gasteiger partial charge in [-0.05, 0) is 167 Å². The highest BCUT2D eigenvalue weighted by molar-refractivity contribution is 6.09. The van der Waals surface area contributed by atoms with Crippen LogP contribution in [-0.2, 0) is 23.0 Å². The molecule has 2 aliphatic carbocycles. The van der Waals surface area contributed by atoms with Crippen LogP contribution in [0.3, 0.4) is 0 Å². The first-order chi connectivity index (χ1) is 36.5. The van der Waals surface area contributed by atoms with Gasteiger partial charge in [-0.1, -0.05) is 19.1 Å². The normalized spacial score (nSPS) is 23.9. The van der Waals surface area contributed by atoms with E-state index in [0.29, 0.717) is 70.7 Å². The van der Waals surface area contributed by atoms with Crippen LogP contribution in [0.15, 0.2) is 42.6 Å². The summed E-state index contributed by atoms with van der Waals surface area (Å²) in [6.07, 6.45) is 10.9. The number of fused-ring (bicyclic) bond motifs is 3. The zero-order valence-corrected chi connectivity index (χ0v) is 43.3. The number of imide groups is 1. The SMILES string of the molecule is CCc1c(F)ccc2cc(C)cc(-c3ncc4c(N5CCCC6(C5)OCC6(F)F)nc(OCC5(CN6CCC7(CC6)CC(N6CCC(c8cc9c(cc8F)c(N8CCC(=O)NC8=O)nn9C)CC6)C7)CC5)nc4c3F)c12. The van der Waals surface area contributed by atoms with Crippen molar-refractivity contribution in [2.24, 2.45) is 17.9 Å². The lowest BCUT2D eigenvalue weighted by molar-refractivity contribution is -0.329. The van der Waals surface area contributed by atoms with Crippen LogP contribution in [0.5, 0.6) is 6.01 Å². The van der Waals surface area contributed by atoms with E-state index in [2.05, 4.69) is 25.2 Å². The summed E-state index contributed by atoms with van der Waals surface area (Å²) in [5.74, 6) is -4.02. The summed E-state index contributed by atoms with van der Waals surface area (Å²) >= 11 is 0.